The molecule has 0 spiro atoms. The summed E-state index contributed by atoms with van der Waals surface area (Å²) in [5.41, 5.74) is 6.71. The Morgan fingerprint density at radius 3 is 2.71 bits per heavy atom. The molecule has 0 fully saturated rings. The molecule has 3 nitrogen and oxygen atoms in total. The second kappa shape index (κ2) is 4.77. The summed E-state index contributed by atoms with van der Waals surface area (Å²) >= 11 is 7.42. The Kier molecular flexibility index (Phi) is 3.36. The Morgan fingerprint density at radius 2 is 2.12 bits per heavy atom. The predicted octanol–water partition coefficient (Wildman–Crippen LogP) is 3.54. The van der Waals surface area contributed by atoms with Crippen molar-refractivity contribution < 1.29 is 4.79 Å². The van der Waals surface area contributed by atoms with Crippen LogP contribution in [0.2, 0.25) is 5.02 Å². The highest BCUT2D eigenvalue weighted by atomic mass is 35.5. The third-order valence-corrected chi connectivity index (χ3v) is 3.52. The SMILES string of the molecule is Cc1ccc(C(=O)Nc2ccc(N)cc2Cl)s1. The van der Waals surface area contributed by atoms with E-state index in [4.69, 9.17) is 17.3 Å². The quantitative estimate of drug-likeness (QED) is 0.817. The molecule has 5 heteroatoms. The van der Waals surface area contributed by atoms with Gasteiger partial charge in [0.25, 0.3) is 5.91 Å². The first-order valence-electron chi connectivity index (χ1n) is 4.99. The van der Waals surface area contributed by atoms with E-state index in [0.29, 0.717) is 21.3 Å². The zero-order valence-corrected chi connectivity index (χ0v) is 10.7. The molecule has 1 aromatic carbocycles. The van der Waals surface area contributed by atoms with Gasteiger partial charge >= 0.3 is 0 Å². The minimum atomic E-state index is -0.158. The predicted molar refractivity (Wildman–Crippen MR) is 72.9 cm³/mol. The Hall–Kier alpha value is -1.52. The van der Waals surface area contributed by atoms with Crippen molar-refractivity contribution in [1.82, 2.24) is 0 Å². The zero-order chi connectivity index (χ0) is 12.4. The number of halogens is 1. The molecule has 88 valence electrons. The number of thiophene rings is 1. The van der Waals surface area contributed by atoms with Gasteiger partial charge in [0, 0.05) is 10.6 Å². The number of anilines is 2. The van der Waals surface area contributed by atoms with E-state index in [9.17, 15) is 4.79 Å². The fraction of sp³-hybridized carbons (Fsp3) is 0.0833. The van der Waals surface area contributed by atoms with Crippen LogP contribution in [0.3, 0.4) is 0 Å². The highest BCUT2D eigenvalue weighted by Gasteiger charge is 2.10. The van der Waals surface area contributed by atoms with Crippen molar-refractivity contribution in [2.45, 2.75) is 6.92 Å². The van der Waals surface area contributed by atoms with E-state index in [2.05, 4.69) is 5.32 Å². The van der Waals surface area contributed by atoms with Gasteiger partial charge < -0.3 is 11.1 Å². The van der Waals surface area contributed by atoms with Gasteiger partial charge in [0.2, 0.25) is 0 Å². The lowest BCUT2D eigenvalue weighted by Gasteiger charge is -2.06. The molecule has 2 rings (SSSR count). The Balaban J connectivity index is 2.18. The van der Waals surface area contributed by atoms with Crippen molar-refractivity contribution in [2.24, 2.45) is 0 Å². The van der Waals surface area contributed by atoms with E-state index in [1.807, 2.05) is 13.0 Å². The first kappa shape index (κ1) is 12.0. The largest absolute Gasteiger partial charge is 0.399 e. The number of carbonyl (C=O) groups is 1. The number of hydrogen-bond acceptors (Lipinski definition) is 3. The maximum Gasteiger partial charge on any atom is 0.265 e. The van der Waals surface area contributed by atoms with Crippen molar-refractivity contribution >= 4 is 40.2 Å². The lowest BCUT2D eigenvalue weighted by Crippen LogP contribution is -2.10. The summed E-state index contributed by atoms with van der Waals surface area (Å²) in [6.07, 6.45) is 0. The highest BCUT2D eigenvalue weighted by Crippen LogP contribution is 2.25. The van der Waals surface area contributed by atoms with Crippen molar-refractivity contribution in [3.8, 4) is 0 Å². The molecule has 1 heterocycles. The van der Waals surface area contributed by atoms with Crippen LogP contribution in [-0.2, 0) is 0 Å². The van der Waals surface area contributed by atoms with Gasteiger partial charge in [0.05, 0.1) is 15.6 Å². The molecule has 17 heavy (non-hydrogen) atoms. The molecule has 1 amide bonds. The monoisotopic (exact) mass is 266 g/mol. The van der Waals surface area contributed by atoms with Crippen LogP contribution in [0.15, 0.2) is 30.3 Å². The molecule has 0 aliphatic heterocycles. The van der Waals surface area contributed by atoms with Gasteiger partial charge in [-0.05, 0) is 37.3 Å². The van der Waals surface area contributed by atoms with Crippen molar-refractivity contribution in [2.75, 3.05) is 11.1 Å². The summed E-state index contributed by atoms with van der Waals surface area (Å²) in [7, 11) is 0. The van der Waals surface area contributed by atoms with Gasteiger partial charge in [0.1, 0.15) is 0 Å². The van der Waals surface area contributed by atoms with Crippen LogP contribution in [0.4, 0.5) is 11.4 Å². The lowest BCUT2D eigenvalue weighted by atomic mass is 10.3. The number of nitrogen functional groups attached to an aromatic ring is 1. The third-order valence-electron chi connectivity index (χ3n) is 2.21. The number of amides is 1. The van der Waals surface area contributed by atoms with Crippen molar-refractivity contribution in [3.05, 3.63) is 45.1 Å². The molecule has 0 aliphatic carbocycles. The van der Waals surface area contributed by atoms with Gasteiger partial charge in [-0.1, -0.05) is 11.6 Å². The summed E-state index contributed by atoms with van der Waals surface area (Å²) in [5.74, 6) is -0.158. The number of aryl methyl sites for hydroxylation is 1. The first-order valence-corrected chi connectivity index (χ1v) is 6.18. The number of carbonyl (C=O) groups excluding carboxylic acids is 1. The van der Waals surface area contributed by atoms with E-state index in [0.717, 1.165) is 4.88 Å². The molecule has 0 saturated heterocycles. The van der Waals surface area contributed by atoms with Gasteiger partial charge in [-0.15, -0.1) is 11.3 Å². The zero-order valence-electron chi connectivity index (χ0n) is 9.16. The molecule has 0 unspecified atom stereocenters. The Labute approximate surface area is 108 Å². The second-order valence-electron chi connectivity index (χ2n) is 3.60. The van der Waals surface area contributed by atoms with Crippen LogP contribution in [0.25, 0.3) is 0 Å². The molecule has 3 N–H and O–H groups in total. The van der Waals surface area contributed by atoms with Crippen LogP contribution in [0, 0.1) is 6.92 Å². The summed E-state index contributed by atoms with van der Waals surface area (Å²) < 4.78 is 0. The fourth-order valence-corrected chi connectivity index (χ4v) is 2.37. The topological polar surface area (TPSA) is 55.1 Å². The normalized spacial score (nSPS) is 10.2. The summed E-state index contributed by atoms with van der Waals surface area (Å²) in [6, 6.07) is 8.69. The van der Waals surface area contributed by atoms with Gasteiger partial charge in [-0.2, -0.15) is 0 Å². The van der Waals surface area contributed by atoms with E-state index in [-0.39, 0.29) is 5.91 Å². The summed E-state index contributed by atoms with van der Waals surface area (Å²) in [5, 5.41) is 3.19. The Morgan fingerprint density at radius 1 is 1.35 bits per heavy atom. The highest BCUT2D eigenvalue weighted by molar-refractivity contribution is 7.14. The van der Waals surface area contributed by atoms with Crippen LogP contribution in [0.1, 0.15) is 14.5 Å². The minimum Gasteiger partial charge on any atom is -0.399 e. The molecule has 0 aliphatic rings. The average Bonchev–Trinajstić information content (AvgIpc) is 2.69. The van der Waals surface area contributed by atoms with Gasteiger partial charge in [-0.25, -0.2) is 0 Å². The number of rotatable bonds is 2. The minimum absolute atomic E-state index is 0.158. The lowest BCUT2D eigenvalue weighted by molar-refractivity contribution is 0.103. The maximum absolute atomic E-state index is 11.9. The second-order valence-corrected chi connectivity index (χ2v) is 5.30. The van der Waals surface area contributed by atoms with Crippen LogP contribution < -0.4 is 11.1 Å². The molecular weight excluding hydrogens is 256 g/mol. The molecule has 0 bridgehead atoms. The molecule has 2 aromatic rings. The summed E-state index contributed by atoms with van der Waals surface area (Å²) in [6.45, 7) is 1.96. The molecule has 1 aromatic heterocycles. The molecule has 0 atom stereocenters. The van der Waals surface area contributed by atoms with E-state index < -0.39 is 0 Å². The third kappa shape index (κ3) is 2.78. The number of benzene rings is 1. The number of nitrogens with one attached hydrogen (secondary N) is 1. The molecule has 0 saturated carbocycles. The van der Waals surface area contributed by atoms with Gasteiger partial charge in [0.15, 0.2) is 0 Å². The van der Waals surface area contributed by atoms with Crippen LogP contribution in [-0.4, -0.2) is 5.91 Å². The van der Waals surface area contributed by atoms with Crippen LogP contribution >= 0.6 is 22.9 Å². The number of hydrogen-bond donors (Lipinski definition) is 2. The Bertz CT molecular complexity index is 565. The number of nitrogens with two attached hydrogens (primary N) is 1. The maximum atomic E-state index is 11.9. The average molecular weight is 267 g/mol. The smallest absolute Gasteiger partial charge is 0.265 e. The van der Waals surface area contributed by atoms with Gasteiger partial charge in [-0.3, -0.25) is 4.79 Å². The molecule has 0 radical (unpaired) electrons. The molecular formula is C12H11ClN2OS. The standard InChI is InChI=1S/C12H11ClN2OS/c1-7-2-5-11(17-7)12(16)15-10-4-3-8(14)6-9(10)13/h2-6H,14H2,1H3,(H,15,16). The van der Waals surface area contributed by atoms with Crippen LogP contribution in [0.5, 0.6) is 0 Å². The summed E-state index contributed by atoms with van der Waals surface area (Å²) in [4.78, 5) is 13.6. The van der Waals surface area contributed by atoms with E-state index in [1.165, 1.54) is 11.3 Å². The fourth-order valence-electron chi connectivity index (χ4n) is 1.37. The first-order chi connectivity index (χ1) is 8.06. The van der Waals surface area contributed by atoms with Crippen molar-refractivity contribution in [1.29, 1.82) is 0 Å². The van der Waals surface area contributed by atoms with E-state index >= 15 is 0 Å². The van der Waals surface area contributed by atoms with Crippen molar-refractivity contribution in [3.63, 3.8) is 0 Å². The van der Waals surface area contributed by atoms with E-state index in [1.54, 1.807) is 24.3 Å².